The second-order valence-electron chi connectivity index (χ2n) is 12.6. The van der Waals surface area contributed by atoms with E-state index in [1.165, 1.54) is 48.6 Å². The number of carbonyl (C=O) groups excluding carboxylic acids is 2. The van der Waals surface area contributed by atoms with Gasteiger partial charge in [0.05, 0.1) is 21.2 Å². The quantitative estimate of drug-likeness (QED) is 0.0404. The van der Waals surface area contributed by atoms with Gasteiger partial charge in [0.1, 0.15) is 22.9 Å². The molecule has 0 saturated carbocycles. The molecule has 0 aromatic heterocycles. The number of sulfonamides is 2. The molecule has 6 N–H and O–H groups in total. The fraction of sp³-hybridized carbons (Fsp3) is 0.200. The molecule has 0 fully saturated rings. The number of allylic oxidation sites excluding steroid dienone is 2. The van der Waals surface area contributed by atoms with E-state index < -0.39 is 20.0 Å². The Morgan fingerprint density at radius 3 is 1.35 bits per heavy atom. The van der Waals surface area contributed by atoms with Crippen LogP contribution >= 0.6 is 0 Å². The molecular formula is C40H42CoN6NaO10S2+. The number of nitrogens with zero attached hydrogens (tertiary/aromatic N) is 2. The van der Waals surface area contributed by atoms with Crippen LogP contribution in [-0.4, -0.2) is 90.6 Å². The van der Waals surface area contributed by atoms with Gasteiger partial charge >= 0.3 is 29.6 Å². The summed E-state index contributed by atoms with van der Waals surface area (Å²) in [5.74, 6) is -0.974. The Labute approximate surface area is 380 Å². The molecule has 0 saturated heterocycles. The maximum atomic E-state index is 12.4. The fourth-order valence-electron chi connectivity index (χ4n) is 5.49. The zero-order valence-electron chi connectivity index (χ0n) is 32.8. The molecule has 0 unspecified atom stereocenters. The van der Waals surface area contributed by atoms with Gasteiger partial charge in [-0.15, -0.1) is 0 Å². The third-order valence-corrected chi connectivity index (χ3v) is 11.4. The largest absolute Gasteiger partial charge is 1.00 e. The van der Waals surface area contributed by atoms with Gasteiger partial charge in [0.2, 0.25) is 31.6 Å². The van der Waals surface area contributed by atoms with Crippen LogP contribution in [0.4, 0.5) is 11.4 Å². The number of aromatic hydroxyl groups is 2. The minimum atomic E-state index is -3.77. The number of benzene rings is 4. The Kier molecular flexibility index (Phi) is 19.5. The summed E-state index contributed by atoms with van der Waals surface area (Å²) >= 11 is 0. The monoisotopic (exact) mass is 912 g/mol. The molecule has 0 heterocycles. The van der Waals surface area contributed by atoms with E-state index in [2.05, 4.69) is 30.5 Å². The maximum absolute atomic E-state index is 12.4. The first-order chi connectivity index (χ1) is 27.8. The molecular weight excluding hydrogens is 871 g/mol. The van der Waals surface area contributed by atoms with Crippen LogP contribution in [0.15, 0.2) is 117 Å². The number of fused-ring (bicyclic) bond motifs is 2. The zero-order chi connectivity index (χ0) is 41.7. The summed E-state index contributed by atoms with van der Waals surface area (Å²) in [5, 5.41) is 28.4. The molecule has 0 spiro atoms. The third kappa shape index (κ3) is 13.2. The SMILES string of the molecule is COCCCNS(=O)(=O)c1ccc(O)c(N/N=C2\C(=O)C=Cc3ccccc32)c1.COCCCNS(=O)(=O)c1ccc(O)c(N/N=C2\C(=O)C=Cc3ccccc32)c1.[Co].[Na+]. The number of ether oxygens (including phenoxy) is 2. The van der Waals surface area contributed by atoms with Crippen LogP contribution in [0.5, 0.6) is 11.5 Å². The standard InChI is InChI=1S/2C20H21N3O5S.Co.Na/c2*1-28-12-4-11-21-29(26,27)15-8-10-18(24)17(13-15)22-23-20-16-6-3-2-5-14(16)7-9-19(20)25;;/h2*2-3,5-10,13,21-22,24H,4,11-12H2,1H3;;/q;;;+1/b2*23-20-;;. The number of hydrogen-bond donors (Lipinski definition) is 6. The topological polar surface area (TPSA) is 234 Å². The summed E-state index contributed by atoms with van der Waals surface area (Å²) in [4.78, 5) is 24.4. The molecule has 0 atom stereocenters. The molecule has 16 nitrogen and oxygen atoms in total. The Morgan fingerprint density at radius 2 is 0.967 bits per heavy atom. The molecule has 0 amide bonds. The van der Waals surface area contributed by atoms with Gasteiger partial charge in [0, 0.05) is 68.4 Å². The summed E-state index contributed by atoms with van der Waals surface area (Å²) < 4.78 is 64.4. The van der Waals surface area contributed by atoms with Gasteiger partial charge in [-0.25, -0.2) is 26.3 Å². The zero-order valence-corrected chi connectivity index (χ0v) is 37.5. The van der Waals surface area contributed by atoms with Crippen molar-refractivity contribution in [1.82, 2.24) is 9.44 Å². The van der Waals surface area contributed by atoms with Crippen molar-refractivity contribution in [1.29, 1.82) is 0 Å². The molecule has 313 valence electrons. The predicted octanol–water partition coefficient (Wildman–Crippen LogP) is 1.24. The third-order valence-electron chi connectivity index (χ3n) is 8.49. The molecule has 2 aliphatic rings. The summed E-state index contributed by atoms with van der Waals surface area (Å²) in [5.41, 5.74) is 8.69. The van der Waals surface area contributed by atoms with Crippen LogP contribution in [0, 0.1) is 0 Å². The summed E-state index contributed by atoms with van der Waals surface area (Å²) in [7, 11) is -4.45. The number of hydrazone groups is 2. The first-order valence-corrected chi connectivity index (χ1v) is 20.8. The number of nitrogens with one attached hydrogen (secondary N) is 4. The van der Waals surface area contributed by atoms with Crippen molar-refractivity contribution in [3.8, 4) is 11.5 Å². The molecule has 6 rings (SSSR count). The van der Waals surface area contributed by atoms with Gasteiger partial charge in [-0.3, -0.25) is 20.4 Å². The van der Waals surface area contributed by atoms with E-state index in [-0.39, 0.29) is 115 Å². The molecule has 0 aliphatic heterocycles. The minimum Gasteiger partial charge on any atom is -0.506 e. The second-order valence-corrected chi connectivity index (χ2v) is 16.1. The second kappa shape index (κ2) is 23.5. The van der Waals surface area contributed by atoms with Crippen LogP contribution in [0.25, 0.3) is 12.2 Å². The van der Waals surface area contributed by atoms with Crippen molar-refractivity contribution in [3.63, 3.8) is 0 Å². The van der Waals surface area contributed by atoms with Crippen molar-refractivity contribution < 1.29 is 92.4 Å². The van der Waals surface area contributed by atoms with Crippen molar-refractivity contribution in [2.24, 2.45) is 10.2 Å². The Hall–Kier alpha value is -4.51. The fourth-order valence-corrected chi connectivity index (χ4v) is 7.69. The molecule has 4 aromatic carbocycles. The van der Waals surface area contributed by atoms with E-state index in [0.717, 1.165) is 11.1 Å². The number of hydrogen-bond acceptors (Lipinski definition) is 14. The molecule has 2 aliphatic carbocycles. The predicted molar refractivity (Wildman–Crippen MR) is 221 cm³/mol. The number of methoxy groups -OCH3 is 2. The average Bonchev–Trinajstić information content (AvgIpc) is 3.21. The van der Waals surface area contributed by atoms with Gasteiger partial charge in [-0.1, -0.05) is 60.7 Å². The summed E-state index contributed by atoms with van der Waals surface area (Å²) in [6.45, 7) is 1.32. The molecule has 20 heteroatoms. The number of rotatable bonds is 16. The van der Waals surface area contributed by atoms with Crippen molar-refractivity contribution in [2.75, 3.05) is 51.4 Å². The van der Waals surface area contributed by atoms with Crippen LogP contribution in [0.3, 0.4) is 0 Å². The van der Waals surface area contributed by atoms with Gasteiger partial charge < -0.3 is 19.7 Å². The van der Waals surface area contributed by atoms with E-state index >= 15 is 0 Å². The van der Waals surface area contributed by atoms with Crippen LogP contribution in [0.2, 0.25) is 0 Å². The number of phenolic OH excluding ortho intramolecular Hbond substituents is 2. The van der Waals surface area contributed by atoms with Crippen molar-refractivity contribution in [2.45, 2.75) is 22.6 Å². The Morgan fingerprint density at radius 1 is 0.583 bits per heavy atom. The minimum absolute atomic E-state index is 0. The molecule has 60 heavy (non-hydrogen) atoms. The first-order valence-electron chi connectivity index (χ1n) is 17.8. The van der Waals surface area contributed by atoms with E-state index in [0.29, 0.717) is 37.2 Å². The Bertz CT molecular complexity index is 2340. The van der Waals surface area contributed by atoms with Crippen molar-refractivity contribution >= 4 is 66.6 Å². The van der Waals surface area contributed by atoms with Gasteiger partial charge in [-0.2, -0.15) is 10.2 Å². The van der Waals surface area contributed by atoms with E-state index in [1.54, 1.807) is 50.6 Å². The summed E-state index contributed by atoms with van der Waals surface area (Å²) in [6, 6.07) is 22.1. The number of ketones is 2. The number of phenols is 2. The molecule has 4 aromatic rings. The molecule has 0 bridgehead atoms. The van der Waals surface area contributed by atoms with Crippen LogP contribution < -0.4 is 49.9 Å². The first kappa shape index (κ1) is 49.8. The smallest absolute Gasteiger partial charge is 0.506 e. The van der Waals surface area contributed by atoms with E-state index in [1.807, 2.05) is 24.3 Å². The van der Waals surface area contributed by atoms with Gasteiger partial charge in [-0.05, 0) is 72.5 Å². The Balaban J connectivity index is 0.000000310. The van der Waals surface area contributed by atoms with Crippen LogP contribution in [-0.2, 0) is 55.9 Å². The van der Waals surface area contributed by atoms with Gasteiger partial charge in [0.15, 0.2) is 0 Å². The van der Waals surface area contributed by atoms with Crippen molar-refractivity contribution in [3.05, 3.63) is 119 Å². The number of anilines is 2. The number of carbonyl (C=O) groups is 2. The maximum Gasteiger partial charge on any atom is 1.00 e. The average molecular weight is 913 g/mol. The van der Waals surface area contributed by atoms with Crippen LogP contribution in [0.1, 0.15) is 35.1 Å². The normalized spacial score (nSPS) is 14.3. The summed E-state index contributed by atoms with van der Waals surface area (Å²) in [6.07, 6.45) is 7.29. The van der Waals surface area contributed by atoms with Gasteiger partial charge in [0.25, 0.3) is 0 Å². The van der Waals surface area contributed by atoms with E-state index in [9.17, 15) is 36.6 Å². The molecule has 1 radical (unpaired) electrons. The van der Waals surface area contributed by atoms with E-state index in [4.69, 9.17) is 9.47 Å².